The van der Waals surface area contributed by atoms with Gasteiger partial charge in [-0.3, -0.25) is 4.79 Å². The van der Waals surface area contributed by atoms with Crippen LogP contribution in [-0.4, -0.2) is 36.9 Å². The van der Waals surface area contributed by atoms with Crippen molar-refractivity contribution in [1.82, 2.24) is 4.31 Å². The standard InChI is InChI=1S/C22H20ClNO5S/c1-24(30(27,28)19-10-6-3-7-11-19)20(22(25)26)15-16-14-17(23)12-13-21(16)29-18-8-4-2-5-9-18/h2-14,20H,15H2,1H3,(H,25,26). The van der Waals surface area contributed by atoms with Crippen molar-refractivity contribution < 1.29 is 23.1 Å². The van der Waals surface area contributed by atoms with Crippen molar-refractivity contribution in [3.63, 3.8) is 0 Å². The highest BCUT2D eigenvalue weighted by Crippen LogP contribution is 2.30. The fourth-order valence-corrected chi connectivity index (χ4v) is 4.46. The number of sulfonamides is 1. The number of benzene rings is 3. The van der Waals surface area contributed by atoms with Crippen molar-refractivity contribution in [2.24, 2.45) is 0 Å². The lowest BCUT2D eigenvalue weighted by atomic mass is 10.0. The SMILES string of the molecule is CN(C(Cc1cc(Cl)ccc1Oc1ccccc1)C(=O)O)S(=O)(=O)c1ccccc1. The molecule has 0 saturated heterocycles. The molecule has 0 aliphatic heterocycles. The van der Waals surface area contributed by atoms with E-state index in [0.717, 1.165) is 4.31 Å². The highest BCUT2D eigenvalue weighted by molar-refractivity contribution is 7.89. The van der Waals surface area contributed by atoms with Gasteiger partial charge in [0.15, 0.2) is 0 Å². The molecule has 0 bridgehead atoms. The fourth-order valence-electron chi connectivity index (χ4n) is 2.93. The zero-order chi connectivity index (χ0) is 21.7. The Labute approximate surface area is 180 Å². The molecule has 0 aliphatic carbocycles. The molecule has 3 aromatic carbocycles. The van der Waals surface area contributed by atoms with Gasteiger partial charge in [-0.2, -0.15) is 4.31 Å². The predicted molar refractivity (Wildman–Crippen MR) is 114 cm³/mol. The Balaban J connectivity index is 1.94. The first-order valence-corrected chi connectivity index (χ1v) is 10.9. The summed E-state index contributed by atoms with van der Waals surface area (Å²) in [4.78, 5) is 12.0. The number of carboxylic acids is 1. The lowest BCUT2D eigenvalue weighted by Gasteiger charge is -2.25. The summed E-state index contributed by atoms with van der Waals surface area (Å²) < 4.78 is 32.6. The normalized spacial score (nSPS) is 12.5. The molecule has 3 rings (SSSR count). The Kier molecular flexibility index (Phi) is 6.77. The maximum atomic E-state index is 12.9. The summed E-state index contributed by atoms with van der Waals surface area (Å²) in [6.45, 7) is 0. The number of nitrogens with zero attached hydrogens (tertiary/aromatic N) is 1. The molecule has 1 N–H and O–H groups in total. The Morgan fingerprint density at radius 2 is 1.63 bits per heavy atom. The smallest absolute Gasteiger partial charge is 0.322 e. The monoisotopic (exact) mass is 445 g/mol. The van der Waals surface area contributed by atoms with Gasteiger partial charge in [-0.25, -0.2) is 8.42 Å². The lowest BCUT2D eigenvalue weighted by Crippen LogP contribution is -2.43. The Bertz CT molecular complexity index is 1120. The van der Waals surface area contributed by atoms with Crippen LogP contribution in [0.15, 0.2) is 83.8 Å². The second-order valence-electron chi connectivity index (χ2n) is 6.56. The molecule has 1 unspecified atom stereocenters. The Morgan fingerprint density at radius 3 is 2.23 bits per heavy atom. The Hall–Kier alpha value is -2.87. The van der Waals surface area contributed by atoms with E-state index in [1.54, 1.807) is 48.5 Å². The summed E-state index contributed by atoms with van der Waals surface area (Å²) in [7, 11) is -2.75. The quantitative estimate of drug-likeness (QED) is 0.553. The third-order valence-corrected chi connectivity index (χ3v) is 6.67. The number of para-hydroxylation sites is 1. The fraction of sp³-hybridized carbons (Fsp3) is 0.136. The van der Waals surface area contributed by atoms with Crippen LogP contribution in [0.3, 0.4) is 0 Å². The number of hydrogen-bond donors (Lipinski definition) is 1. The van der Waals surface area contributed by atoms with Gasteiger partial charge in [-0.15, -0.1) is 0 Å². The molecule has 0 saturated carbocycles. The molecule has 8 heteroatoms. The van der Waals surface area contributed by atoms with Crippen molar-refractivity contribution in [2.75, 3.05) is 7.05 Å². The molecule has 6 nitrogen and oxygen atoms in total. The molecule has 0 amide bonds. The van der Waals surface area contributed by atoms with Gasteiger partial charge in [0.2, 0.25) is 10.0 Å². The van der Waals surface area contributed by atoms with Gasteiger partial charge in [-0.05, 0) is 48.0 Å². The molecule has 0 fully saturated rings. The van der Waals surface area contributed by atoms with Crippen LogP contribution < -0.4 is 4.74 Å². The first-order chi connectivity index (χ1) is 14.3. The number of hydrogen-bond acceptors (Lipinski definition) is 4. The van der Waals surface area contributed by atoms with Crippen molar-refractivity contribution in [2.45, 2.75) is 17.4 Å². The number of halogens is 1. The molecule has 0 spiro atoms. The van der Waals surface area contributed by atoms with E-state index < -0.39 is 22.0 Å². The maximum absolute atomic E-state index is 12.9. The van der Waals surface area contributed by atoms with Gasteiger partial charge in [0.05, 0.1) is 4.90 Å². The van der Waals surface area contributed by atoms with Crippen LogP contribution in [0.1, 0.15) is 5.56 Å². The zero-order valence-corrected chi connectivity index (χ0v) is 17.7. The molecule has 0 aliphatic rings. The summed E-state index contributed by atoms with van der Waals surface area (Å²) >= 11 is 6.11. The first kappa shape index (κ1) is 21.8. The molecular formula is C22H20ClNO5S. The largest absolute Gasteiger partial charge is 0.480 e. The molecule has 3 aromatic rings. The van der Waals surface area contributed by atoms with Crippen LogP contribution in [0.5, 0.6) is 11.5 Å². The average molecular weight is 446 g/mol. The summed E-state index contributed by atoms with van der Waals surface area (Å²) in [5.74, 6) is -0.303. The van der Waals surface area contributed by atoms with E-state index in [0.29, 0.717) is 22.1 Å². The van der Waals surface area contributed by atoms with Gasteiger partial charge in [0, 0.05) is 18.5 Å². The van der Waals surface area contributed by atoms with Gasteiger partial charge in [-0.1, -0.05) is 48.0 Å². The number of carboxylic acid groups (broad SMARTS) is 1. The summed E-state index contributed by atoms with van der Waals surface area (Å²) in [5, 5.41) is 10.2. The molecule has 30 heavy (non-hydrogen) atoms. The van der Waals surface area contributed by atoms with Gasteiger partial charge >= 0.3 is 5.97 Å². The van der Waals surface area contributed by atoms with Crippen LogP contribution in [0.25, 0.3) is 0 Å². The van der Waals surface area contributed by atoms with Crippen LogP contribution in [-0.2, 0) is 21.2 Å². The summed E-state index contributed by atoms with van der Waals surface area (Å²) in [5.41, 5.74) is 0.480. The lowest BCUT2D eigenvalue weighted by molar-refractivity contribution is -0.141. The predicted octanol–water partition coefficient (Wildman–Crippen LogP) is 4.45. The van der Waals surface area contributed by atoms with Gasteiger partial charge in [0.25, 0.3) is 0 Å². The van der Waals surface area contributed by atoms with Crippen LogP contribution in [0.2, 0.25) is 5.02 Å². The number of ether oxygens (including phenoxy) is 1. The second-order valence-corrected chi connectivity index (χ2v) is 8.99. The van der Waals surface area contributed by atoms with Crippen LogP contribution in [0.4, 0.5) is 0 Å². The van der Waals surface area contributed by atoms with Crippen LogP contribution >= 0.6 is 11.6 Å². The molecular weight excluding hydrogens is 426 g/mol. The number of carbonyl (C=O) groups is 1. The van der Waals surface area contributed by atoms with Gasteiger partial charge < -0.3 is 9.84 Å². The maximum Gasteiger partial charge on any atom is 0.322 e. The van der Waals surface area contributed by atoms with Crippen molar-refractivity contribution in [3.05, 3.63) is 89.4 Å². The number of rotatable bonds is 8. The van der Waals surface area contributed by atoms with E-state index in [1.165, 1.54) is 19.2 Å². The van der Waals surface area contributed by atoms with Crippen molar-refractivity contribution >= 4 is 27.6 Å². The summed E-state index contributed by atoms with van der Waals surface area (Å²) in [6, 6.07) is 20.2. The topological polar surface area (TPSA) is 83.9 Å². The van der Waals surface area contributed by atoms with E-state index in [1.807, 2.05) is 18.2 Å². The highest BCUT2D eigenvalue weighted by Gasteiger charge is 2.33. The molecule has 0 aromatic heterocycles. The van der Waals surface area contributed by atoms with E-state index in [2.05, 4.69) is 0 Å². The minimum absolute atomic E-state index is 0.0191. The average Bonchev–Trinajstić information content (AvgIpc) is 2.74. The molecule has 1 atom stereocenters. The Morgan fingerprint density at radius 1 is 1.03 bits per heavy atom. The number of likely N-dealkylation sites (N-methyl/N-ethyl adjacent to an activating group) is 1. The van der Waals surface area contributed by atoms with E-state index in [4.69, 9.17) is 16.3 Å². The third kappa shape index (κ3) is 4.99. The zero-order valence-electron chi connectivity index (χ0n) is 16.1. The molecule has 0 radical (unpaired) electrons. The molecule has 0 heterocycles. The first-order valence-electron chi connectivity index (χ1n) is 9.06. The van der Waals surface area contributed by atoms with E-state index >= 15 is 0 Å². The minimum atomic E-state index is -4.01. The van der Waals surface area contributed by atoms with Crippen molar-refractivity contribution in [3.8, 4) is 11.5 Å². The van der Waals surface area contributed by atoms with E-state index in [9.17, 15) is 18.3 Å². The highest BCUT2D eigenvalue weighted by atomic mass is 35.5. The second kappa shape index (κ2) is 9.30. The summed E-state index contributed by atoms with van der Waals surface area (Å²) in [6.07, 6.45) is -0.124. The van der Waals surface area contributed by atoms with Crippen LogP contribution in [0, 0.1) is 0 Å². The van der Waals surface area contributed by atoms with E-state index in [-0.39, 0.29) is 11.3 Å². The minimum Gasteiger partial charge on any atom is -0.480 e. The molecule has 156 valence electrons. The number of aliphatic carboxylic acids is 1. The van der Waals surface area contributed by atoms with Crippen molar-refractivity contribution in [1.29, 1.82) is 0 Å². The van der Waals surface area contributed by atoms with Gasteiger partial charge in [0.1, 0.15) is 17.5 Å². The third-order valence-electron chi connectivity index (χ3n) is 4.55.